The van der Waals surface area contributed by atoms with Crippen LogP contribution in [0.15, 0.2) is 22.9 Å². The van der Waals surface area contributed by atoms with Crippen LogP contribution in [0.5, 0.6) is 0 Å². The topological polar surface area (TPSA) is 6.48 Å². The fourth-order valence-corrected chi connectivity index (χ4v) is 2.53. The minimum Gasteiger partial charge on any atom is -0.369 e. The van der Waals surface area contributed by atoms with Crippen LogP contribution in [-0.2, 0) is 0 Å². The number of piperazine rings is 1. The Labute approximate surface area is 120 Å². The lowest BCUT2D eigenvalue weighted by molar-refractivity contribution is 0.161. The van der Waals surface area contributed by atoms with Crippen LogP contribution < -0.4 is 0 Å². The standard InChI is InChI=1S/C17H32N2/c1-6-9-18-10-12-19(13-11-18)17(16(5)8-3)14-15(4)7-2/h14H,6-13H2,1-5H3/b15-14-,17-16-. The maximum atomic E-state index is 2.59. The Hall–Kier alpha value is -0.760. The molecule has 0 amide bonds. The molecule has 1 aliphatic heterocycles. The van der Waals surface area contributed by atoms with Crippen LogP contribution >= 0.6 is 0 Å². The van der Waals surface area contributed by atoms with Crippen molar-refractivity contribution in [1.29, 1.82) is 0 Å². The van der Waals surface area contributed by atoms with E-state index in [9.17, 15) is 0 Å². The zero-order valence-electron chi connectivity index (χ0n) is 13.6. The van der Waals surface area contributed by atoms with E-state index in [1.165, 1.54) is 56.0 Å². The summed E-state index contributed by atoms with van der Waals surface area (Å²) in [5.41, 5.74) is 4.49. The van der Waals surface area contributed by atoms with Crippen molar-refractivity contribution in [1.82, 2.24) is 9.80 Å². The lowest BCUT2D eigenvalue weighted by Crippen LogP contribution is -2.45. The van der Waals surface area contributed by atoms with E-state index in [0.29, 0.717) is 0 Å². The summed E-state index contributed by atoms with van der Waals surface area (Å²) in [6, 6.07) is 0. The molecule has 0 aromatic carbocycles. The molecular formula is C17H32N2. The molecule has 0 atom stereocenters. The molecule has 0 aromatic rings. The Bertz CT molecular complexity index is 320. The van der Waals surface area contributed by atoms with Crippen LogP contribution in [0.3, 0.4) is 0 Å². The van der Waals surface area contributed by atoms with E-state index in [4.69, 9.17) is 0 Å². The monoisotopic (exact) mass is 264 g/mol. The lowest BCUT2D eigenvalue weighted by Gasteiger charge is -2.37. The van der Waals surface area contributed by atoms with Gasteiger partial charge < -0.3 is 4.90 Å². The molecule has 110 valence electrons. The van der Waals surface area contributed by atoms with E-state index in [0.717, 1.165) is 12.8 Å². The summed E-state index contributed by atoms with van der Waals surface area (Å²) in [7, 11) is 0. The zero-order valence-corrected chi connectivity index (χ0v) is 13.6. The molecule has 0 saturated carbocycles. The second kappa shape index (κ2) is 8.42. The molecule has 0 N–H and O–H groups in total. The molecule has 1 saturated heterocycles. The van der Waals surface area contributed by atoms with Crippen molar-refractivity contribution < 1.29 is 0 Å². The smallest absolute Gasteiger partial charge is 0.0355 e. The third-order valence-electron chi connectivity index (χ3n) is 4.16. The molecule has 0 radical (unpaired) electrons. The third kappa shape index (κ3) is 5.02. The summed E-state index contributed by atoms with van der Waals surface area (Å²) in [4.78, 5) is 5.18. The largest absolute Gasteiger partial charge is 0.369 e. The molecule has 0 bridgehead atoms. The normalized spacial score (nSPS) is 19.6. The molecule has 0 unspecified atom stereocenters. The van der Waals surface area contributed by atoms with Crippen molar-refractivity contribution in [2.24, 2.45) is 0 Å². The first-order valence-corrected chi connectivity index (χ1v) is 7.96. The number of rotatable bonds is 6. The quantitative estimate of drug-likeness (QED) is 0.668. The Kier molecular flexibility index (Phi) is 7.22. The summed E-state index contributed by atoms with van der Waals surface area (Å²) in [6.07, 6.45) is 5.98. The summed E-state index contributed by atoms with van der Waals surface area (Å²) in [6.45, 7) is 17.3. The van der Waals surface area contributed by atoms with Gasteiger partial charge in [0.1, 0.15) is 0 Å². The van der Waals surface area contributed by atoms with Gasteiger partial charge in [-0.05, 0) is 45.7 Å². The summed E-state index contributed by atoms with van der Waals surface area (Å²) < 4.78 is 0. The number of allylic oxidation sites excluding steroid dienone is 3. The van der Waals surface area contributed by atoms with E-state index >= 15 is 0 Å². The number of nitrogens with zero attached hydrogens (tertiary/aromatic N) is 2. The highest BCUT2D eigenvalue weighted by Crippen LogP contribution is 2.19. The minimum atomic E-state index is 1.15. The van der Waals surface area contributed by atoms with E-state index in [2.05, 4.69) is 50.5 Å². The molecular weight excluding hydrogens is 232 g/mol. The lowest BCUT2D eigenvalue weighted by atomic mass is 10.1. The van der Waals surface area contributed by atoms with Gasteiger partial charge in [-0.2, -0.15) is 0 Å². The Morgan fingerprint density at radius 2 is 1.58 bits per heavy atom. The summed E-state index contributed by atoms with van der Waals surface area (Å²) >= 11 is 0. The van der Waals surface area contributed by atoms with Crippen LogP contribution in [0.1, 0.15) is 53.9 Å². The molecule has 1 rings (SSSR count). The molecule has 2 nitrogen and oxygen atoms in total. The van der Waals surface area contributed by atoms with E-state index < -0.39 is 0 Å². The van der Waals surface area contributed by atoms with Gasteiger partial charge in [0.25, 0.3) is 0 Å². The predicted molar refractivity (Wildman–Crippen MR) is 85.3 cm³/mol. The SMILES string of the molecule is CCCN1CCN(C(/C=C(/C)CC)=C(/C)CC)CC1. The van der Waals surface area contributed by atoms with Gasteiger partial charge >= 0.3 is 0 Å². The van der Waals surface area contributed by atoms with Gasteiger partial charge in [-0.3, -0.25) is 4.90 Å². The highest BCUT2D eigenvalue weighted by atomic mass is 15.3. The Morgan fingerprint density at radius 3 is 2.05 bits per heavy atom. The molecule has 0 aliphatic carbocycles. The maximum Gasteiger partial charge on any atom is 0.0355 e. The molecule has 1 heterocycles. The van der Waals surface area contributed by atoms with Crippen molar-refractivity contribution in [3.05, 3.63) is 22.9 Å². The second-order valence-corrected chi connectivity index (χ2v) is 5.69. The molecule has 1 fully saturated rings. The van der Waals surface area contributed by atoms with Gasteiger partial charge in [-0.1, -0.05) is 31.9 Å². The minimum absolute atomic E-state index is 1.15. The fraction of sp³-hybridized carbons (Fsp3) is 0.765. The van der Waals surface area contributed by atoms with Crippen molar-refractivity contribution in [3.8, 4) is 0 Å². The number of hydrogen-bond donors (Lipinski definition) is 0. The van der Waals surface area contributed by atoms with E-state index in [1.54, 1.807) is 0 Å². The maximum absolute atomic E-state index is 2.59. The van der Waals surface area contributed by atoms with Crippen LogP contribution in [0, 0.1) is 0 Å². The first kappa shape index (κ1) is 16.3. The van der Waals surface area contributed by atoms with Gasteiger partial charge in [0, 0.05) is 31.9 Å². The molecule has 0 aromatic heterocycles. The molecule has 19 heavy (non-hydrogen) atoms. The second-order valence-electron chi connectivity index (χ2n) is 5.69. The van der Waals surface area contributed by atoms with Gasteiger partial charge in [-0.15, -0.1) is 0 Å². The van der Waals surface area contributed by atoms with Crippen molar-refractivity contribution in [2.45, 2.75) is 53.9 Å². The van der Waals surface area contributed by atoms with Gasteiger partial charge in [0.05, 0.1) is 0 Å². The van der Waals surface area contributed by atoms with E-state index in [-0.39, 0.29) is 0 Å². The van der Waals surface area contributed by atoms with Gasteiger partial charge in [0.15, 0.2) is 0 Å². The highest BCUT2D eigenvalue weighted by Gasteiger charge is 2.18. The molecule has 1 aliphatic rings. The summed E-state index contributed by atoms with van der Waals surface area (Å²) in [5, 5.41) is 0. The fourth-order valence-electron chi connectivity index (χ4n) is 2.53. The first-order chi connectivity index (χ1) is 9.12. The Morgan fingerprint density at radius 1 is 0.947 bits per heavy atom. The van der Waals surface area contributed by atoms with Crippen LogP contribution in [-0.4, -0.2) is 42.5 Å². The third-order valence-corrected chi connectivity index (χ3v) is 4.16. The van der Waals surface area contributed by atoms with Gasteiger partial charge in [-0.25, -0.2) is 0 Å². The van der Waals surface area contributed by atoms with Crippen LogP contribution in [0.25, 0.3) is 0 Å². The average molecular weight is 264 g/mol. The van der Waals surface area contributed by atoms with Crippen molar-refractivity contribution in [3.63, 3.8) is 0 Å². The van der Waals surface area contributed by atoms with Gasteiger partial charge in [0.2, 0.25) is 0 Å². The highest BCUT2D eigenvalue weighted by molar-refractivity contribution is 5.27. The van der Waals surface area contributed by atoms with Crippen molar-refractivity contribution >= 4 is 0 Å². The van der Waals surface area contributed by atoms with E-state index in [1.807, 2.05) is 0 Å². The molecule has 2 heteroatoms. The Balaban J connectivity index is 2.74. The van der Waals surface area contributed by atoms with Crippen molar-refractivity contribution in [2.75, 3.05) is 32.7 Å². The zero-order chi connectivity index (χ0) is 14.3. The van der Waals surface area contributed by atoms with Crippen LogP contribution in [0.2, 0.25) is 0 Å². The molecule has 0 spiro atoms. The average Bonchev–Trinajstić information content (AvgIpc) is 2.45. The first-order valence-electron chi connectivity index (χ1n) is 7.96. The van der Waals surface area contributed by atoms with Crippen LogP contribution in [0.4, 0.5) is 0 Å². The predicted octanol–water partition coefficient (Wildman–Crippen LogP) is 4.05. The summed E-state index contributed by atoms with van der Waals surface area (Å²) in [5.74, 6) is 0. The number of hydrogen-bond acceptors (Lipinski definition) is 2.